The van der Waals surface area contributed by atoms with Gasteiger partial charge < -0.3 is 4.42 Å². The molecule has 1 aromatic heterocycles. The first-order valence-corrected chi connectivity index (χ1v) is 14.2. The van der Waals surface area contributed by atoms with Crippen molar-refractivity contribution in [2.24, 2.45) is 0 Å². The van der Waals surface area contributed by atoms with E-state index in [1.807, 2.05) is 66.7 Å². The van der Waals surface area contributed by atoms with Crippen molar-refractivity contribution in [2.45, 2.75) is 0 Å². The molecule has 0 radical (unpaired) electrons. The van der Waals surface area contributed by atoms with Crippen LogP contribution in [-0.2, 0) is 0 Å². The van der Waals surface area contributed by atoms with Crippen molar-refractivity contribution < 1.29 is 14.0 Å². The molecule has 0 bridgehead atoms. The molecule has 1 heterocycles. The number of rotatable bonds is 3. The minimum absolute atomic E-state index is 0.0518. The van der Waals surface area contributed by atoms with Gasteiger partial charge in [0, 0.05) is 10.8 Å². The topological polar surface area (TPSA) is 13.1 Å². The molecule has 0 amide bonds. The average Bonchev–Trinajstić information content (AvgIpc) is 3.53. The van der Waals surface area contributed by atoms with Crippen molar-refractivity contribution in [3.05, 3.63) is 158 Å². The molecule has 0 aliphatic carbocycles. The van der Waals surface area contributed by atoms with Crippen molar-refractivity contribution in [3.8, 4) is 33.4 Å². The molecule has 0 fully saturated rings. The Balaban J connectivity index is 1.31. The first-order chi connectivity index (χ1) is 24.3. The summed E-state index contributed by atoms with van der Waals surface area (Å²) in [6, 6.07) is 36.1. The molecule has 0 aliphatic heterocycles. The molecule has 200 valence electrons. The third-order valence-electron chi connectivity index (χ3n) is 8.38. The van der Waals surface area contributed by atoms with Gasteiger partial charge in [-0.1, -0.05) is 145 Å². The van der Waals surface area contributed by atoms with E-state index in [0.29, 0.717) is 5.56 Å². The number of furan rings is 1. The highest BCUT2D eigenvalue weighted by atomic mass is 16.3. The normalized spacial score (nSPS) is 14.0. The van der Waals surface area contributed by atoms with Crippen LogP contribution in [0.2, 0.25) is 0 Å². The number of benzene rings is 8. The van der Waals surface area contributed by atoms with Gasteiger partial charge in [-0.2, -0.15) is 0 Å². The molecule has 9 rings (SSSR count). The monoisotopic (exact) mass is 553 g/mol. The van der Waals surface area contributed by atoms with Crippen LogP contribution >= 0.6 is 0 Å². The van der Waals surface area contributed by atoms with Crippen LogP contribution in [0.15, 0.2) is 162 Å². The van der Waals surface area contributed by atoms with Gasteiger partial charge in [-0.25, -0.2) is 0 Å². The fraction of sp³-hybridized carbons (Fsp3) is 0. The molecule has 0 unspecified atom stereocenters. The zero-order valence-corrected chi connectivity index (χ0v) is 22.9. The van der Waals surface area contributed by atoms with Crippen molar-refractivity contribution in [1.82, 2.24) is 0 Å². The van der Waals surface area contributed by atoms with E-state index in [-0.39, 0.29) is 46.5 Å². The average molecular weight is 554 g/mol. The number of fused-ring (bicyclic) bond motifs is 6. The lowest BCUT2D eigenvalue weighted by atomic mass is 9.84. The summed E-state index contributed by atoms with van der Waals surface area (Å²) in [6.45, 7) is 0. The van der Waals surface area contributed by atoms with Gasteiger partial charge in [0.1, 0.15) is 11.2 Å². The van der Waals surface area contributed by atoms with Gasteiger partial charge in [-0.05, 0) is 77.8 Å². The van der Waals surface area contributed by atoms with Gasteiger partial charge in [0.15, 0.2) is 0 Å². The summed E-state index contributed by atoms with van der Waals surface area (Å²) >= 11 is 0. The summed E-state index contributed by atoms with van der Waals surface area (Å²) in [4.78, 5) is 0. The molecule has 0 N–H and O–H groups in total. The number of hydrogen-bond acceptors (Lipinski definition) is 1. The quantitative estimate of drug-likeness (QED) is 0.198. The van der Waals surface area contributed by atoms with Crippen molar-refractivity contribution in [3.63, 3.8) is 0 Å². The Morgan fingerprint density at radius 2 is 0.977 bits per heavy atom. The summed E-state index contributed by atoms with van der Waals surface area (Å²) in [5, 5.41) is 6.45. The molecule has 1 heteroatoms. The molecule has 0 atom stereocenters. The Labute approximate surface area is 259 Å². The predicted molar refractivity (Wildman–Crippen MR) is 183 cm³/mol. The smallest absolute Gasteiger partial charge is 0.136 e. The standard InChI is InChI=1S/C42H26O/c1-2-13-30-27(11-1)12-9-19-31(30)28-23-25-29(26-24-28)40-32-14-3-5-16-34(32)41(35-17-6-4-15-33(35)40)37-20-10-22-39-42(37)36-18-7-8-21-38(36)43-39/h1-26H/i1D,2D,9D,11D,12D,13D,19D. The zero-order chi connectivity index (χ0) is 34.4. The molecule has 0 saturated carbocycles. The highest BCUT2D eigenvalue weighted by molar-refractivity contribution is 6.25. The lowest BCUT2D eigenvalue weighted by Gasteiger charge is -2.18. The van der Waals surface area contributed by atoms with E-state index in [1.54, 1.807) is 0 Å². The van der Waals surface area contributed by atoms with Gasteiger partial charge in [0.05, 0.1) is 9.60 Å². The Morgan fingerprint density at radius 1 is 0.395 bits per heavy atom. The van der Waals surface area contributed by atoms with E-state index in [0.717, 1.165) is 65.7 Å². The predicted octanol–water partition coefficient (Wildman–Crippen LogP) is 12.0. The van der Waals surface area contributed by atoms with Crippen LogP contribution in [0.4, 0.5) is 0 Å². The third-order valence-corrected chi connectivity index (χ3v) is 8.38. The molecule has 8 aromatic carbocycles. The van der Waals surface area contributed by atoms with E-state index < -0.39 is 12.1 Å². The highest BCUT2D eigenvalue weighted by Crippen LogP contribution is 2.47. The van der Waals surface area contributed by atoms with Crippen LogP contribution in [0.5, 0.6) is 0 Å². The van der Waals surface area contributed by atoms with Crippen molar-refractivity contribution in [2.75, 3.05) is 0 Å². The Morgan fingerprint density at radius 3 is 1.72 bits per heavy atom. The fourth-order valence-corrected chi connectivity index (χ4v) is 6.55. The molecule has 0 saturated heterocycles. The maximum atomic E-state index is 8.81. The third kappa shape index (κ3) is 3.65. The molecule has 0 aliphatic rings. The summed E-state index contributed by atoms with van der Waals surface area (Å²) in [6.07, 6.45) is 0. The maximum Gasteiger partial charge on any atom is 0.136 e. The van der Waals surface area contributed by atoms with Crippen LogP contribution in [0.1, 0.15) is 9.60 Å². The minimum atomic E-state index is -0.464. The lowest BCUT2D eigenvalue weighted by molar-refractivity contribution is 0.669. The van der Waals surface area contributed by atoms with Gasteiger partial charge in [0.25, 0.3) is 0 Å². The van der Waals surface area contributed by atoms with Gasteiger partial charge >= 0.3 is 0 Å². The molecule has 43 heavy (non-hydrogen) atoms. The van der Waals surface area contributed by atoms with Gasteiger partial charge in [0.2, 0.25) is 0 Å². The van der Waals surface area contributed by atoms with Gasteiger partial charge in [-0.15, -0.1) is 0 Å². The molecule has 9 aromatic rings. The molecular weight excluding hydrogens is 520 g/mol. The molecule has 0 spiro atoms. The number of para-hydroxylation sites is 1. The zero-order valence-electron chi connectivity index (χ0n) is 29.9. The summed E-state index contributed by atoms with van der Waals surface area (Å²) < 4.78 is 65.7. The Bertz CT molecular complexity index is 2830. The molecule has 1 nitrogen and oxygen atoms in total. The lowest BCUT2D eigenvalue weighted by Crippen LogP contribution is -1.91. The van der Waals surface area contributed by atoms with E-state index >= 15 is 0 Å². The van der Waals surface area contributed by atoms with Crippen LogP contribution in [0, 0.1) is 0 Å². The summed E-state index contributed by atoms with van der Waals surface area (Å²) in [5.41, 5.74) is 6.59. The van der Waals surface area contributed by atoms with Crippen LogP contribution in [0.3, 0.4) is 0 Å². The van der Waals surface area contributed by atoms with E-state index in [4.69, 9.17) is 14.0 Å². The fourth-order valence-electron chi connectivity index (χ4n) is 6.55. The minimum Gasteiger partial charge on any atom is -0.456 e. The summed E-state index contributed by atoms with van der Waals surface area (Å²) in [5.74, 6) is 0. The Kier molecular flexibility index (Phi) is 3.95. The van der Waals surface area contributed by atoms with Gasteiger partial charge in [-0.3, -0.25) is 0 Å². The highest BCUT2D eigenvalue weighted by Gasteiger charge is 2.20. The Hall–Kier alpha value is -5.66. The van der Waals surface area contributed by atoms with Crippen molar-refractivity contribution >= 4 is 54.3 Å². The first-order valence-electron chi connectivity index (χ1n) is 17.7. The second kappa shape index (κ2) is 9.44. The maximum absolute atomic E-state index is 8.81. The van der Waals surface area contributed by atoms with Crippen molar-refractivity contribution in [1.29, 1.82) is 0 Å². The first kappa shape index (κ1) is 18.0. The van der Waals surface area contributed by atoms with E-state index in [1.165, 1.54) is 0 Å². The largest absolute Gasteiger partial charge is 0.456 e. The van der Waals surface area contributed by atoms with Crippen LogP contribution in [-0.4, -0.2) is 0 Å². The van der Waals surface area contributed by atoms with E-state index in [9.17, 15) is 0 Å². The van der Waals surface area contributed by atoms with Crippen LogP contribution in [0.25, 0.3) is 87.6 Å². The molecular formula is C42H26O. The van der Waals surface area contributed by atoms with Crippen LogP contribution < -0.4 is 0 Å². The SMILES string of the molecule is [2H]c1c([2H])c([2H])c2c(-c3ccc(-c4c5ccccc5c(-c5cccc6oc7ccccc7c56)c5ccccc45)cc3)c([2H])c([2H])c([2H])c2c1[2H]. The second-order valence-electron chi connectivity index (χ2n) is 10.7. The second-order valence-corrected chi connectivity index (χ2v) is 10.7. The summed E-state index contributed by atoms with van der Waals surface area (Å²) in [7, 11) is 0. The number of hydrogen-bond donors (Lipinski definition) is 0. The van der Waals surface area contributed by atoms with E-state index in [2.05, 4.69) is 48.5 Å².